The number of piperazine rings is 1. The molecule has 1 unspecified atom stereocenters. The molecular weight excluding hydrogens is 399 g/mol. The second-order valence-electron chi connectivity index (χ2n) is 4.61. The van der Waals surface area contributed by atoms with E-state index in [-0.39, 0.29) is 17.6 Å². The summed E-state index contributed by atoms with van der Waals surface area (Å²) in [6, 6.07) is -0.953. The summed E-state index contributed by atoms with van der Waals surface area (Å²) in [6.45, 7) is -1.25. The van der Waals surface area contributed by atoms with Gasteiger partial charge in [0, 0.05) is 24.1 Å². The summed E-state index contributed by atoms with van der Waals surface area (Å²) in [5.74, 6) is -2.66. The predicted octanol–water partition coefficient (Wildman–Crippen LogP) is 2.25. The largest absolute Gasteiger partial charge is 0.405 e. The lowest BCUT2D eigenvalue weighted by molar-refractivity contribution is -0.160. The number of nitrogens with one attached hydrogen (secondary N) is 1. The zero-order valence-corrected chi connectivity index (χ0v) is 13.2. The van der Waals surface area contributed by atoms with E-state index in [0.29, 0.717) is 16.4 Å². The van der Waals surface area contributed by atoms with Crippen molar-refractivity contribution < 1.29 is 30.4 Å². The Bertz CT molecular complexity index is 680. The Labute approximate surface area is 131 Å². The third-order valence-electron chi connectivity index (χ3n) is 3.13. The van der Waals surface area contributed by atoms with E-state index in [1.54, 1.807) is 0 Å². The van der Waals surface area contributed by atoms with E-state index in [0.717, 1.165) is 0 Å². The molecular formula is C11H10BrF5N2O2S. The molecule has 1 fully saturated rings. The van der Waals surface area contributed by atoms with Gasteiger partial charge in [-0.1, -0.05) is 0 Å². The van der Waals surface area contributed by atoms with Crippen LogP contribution in [-0.2, 0) is 10.0 Å². The van der Waals surface area contributed by atoms with Crippen LogP contribution in [0.15, 0.2) is 21.5 Å². The topological polar surface area (TPSA) is 49.4 Å². The molecule has 0 aromatic heterocycles. The summed E-state index contributed by atoms with van der Waals surface area (Å²) in [5.41, 5.74) is 0. The van der Waals surface area contributed by atoms with E-state index in [1.165, 1.54) is 0 Å². The fraction of sp³-hybridized carbons (Fsp3) is 0.455. The van der Waals surface area contributed by atoms with E-state index in [4.69, 9.17) is 0 Å². The molecule has 1 aliphatic heterocycles. The molecule has 11 heteroatoms. The van der Waals surface area contributed by atoms with Crippen LogP contribution in [0.5, 0.6) is 0 Å². The normalized spacial score (nSPS) is 21.1. The Kier molecular flexibility index (Phi) is 4.81. The zero-order chi connectivity index (χ0) is 16.7. The van der Waals surface area contributed by atoms with Crippen molar-refractivity contribution in [1.29, 1.82) is 0 Å². The highest BCUT2D eigenvalue weighted by Crippen LogP contribution is 2.30. The molecule has 0 radical (unpaired) electrons. The van der Waals surface area contributed by atoms with Crippen LogP contribution in [0.2, 0.25) is 0 Å². The van der Waals surface area contributed by atoms with Crippen molar-refractivity contribution in [2.45, 2.75) is 17.1 Å². The fourth-order valence-electron chi connectivity index (χ4n) is 2.00. The van der Waals surface area contributed by atoms with Crippen LogP contribution in [0, 0.1) is 11.6 Å². The van der Waals surface area contributed by atoms with E-state index >= 15 is 0 Å². The lowest BCUT2D eigenvalue weighted by atomic mass is 10.2. The van der Waals surface area contributed by atoms with E-state index < -0.39 is 45.3 Å². The summed E-state index contributed by atoms with van der Waals surface area (Å²) in [5, 5.41) is 2.17. The molecule has 4 nitrogen and oxygen atoms in total. The maximum Gasteiger partial charge on any atom is 0.405 e. The van der Waals surface area contributed by atoms with Crippen molar-refractivity contribution >= 4 is 26.0 Å². The SMILES string of the molecule is O=S(=O)(c1cc(F)c(F)cc1Br)N1CCNC(C(F)(F)F)C1. The summed E-state index contributed by atoms with van der Waals surface area (Å²) in [7, 11) is -4.39. The van der Waals surface area contributed by atoms with E-state index in [9.17, 15) is 30.4 Å². The van der Waals surface area contributed by atoms with Crippen LogP contribution in [0.25, 0.3) is 0 Å². The molecule has 1 aliphatic rings. The lowest BCUT2D eigenvalue weighted by Crippen LogP contribution is -2.58. The standard InChI is InChI=1S/C11H10BrF5N2O2S/c12-6-3-7(13)8(14)4-9(6)22(20,21)19-2-1-18-10(5-19)11(15,16)17/h3-4,10,18H,1-2,5H2. The Morgan fingerprint density at radius 3 is 2.41 bits per heavy atom. The summed E-state index contributed by atoms with van der Waals surface area (Å²) in [4.78, 5) is -0.616. The number of hydrogen-bond donors (Lipinski definition) is 1. The maximum atomic E-state index is 13.3. The second-order valence-corrected chi connectivity index (χ2v) is 7.37. The number of alkyl halides is 3. The molecule has 0 aliphatic carbocycles. The van der Waals surface area contributed by atoms with Gasteiger partial charge in [0.1, 0.15) is 6.04 Å². The van der Waals surface area contributed by atoms with Gasteiger partial charge in [-0.05, 0) is 28.1 Å². The van der Waals surface area contributed by atoms with Crippen LogP contribution in [0.4, 0.5) is 22.0 Å². The predicted molar refractivity (Wildman–Crippen MR) is 70.7 cm³/mol. The molecule has 1 saturated heterocycles. The highest BCUT2D eigenvalue weighted by molar-refractivity contribution is 9.10. The van der Waals surface area contributed by atoms with Crippen molar-refractivity contribution in [1.82, 2.24) is 9.62 Å². The van der Waals surface area contributed by atoms with Crippen molar-refractivity contribution in [2.75, 3.05) is 19.6 Å². The van der Waals surface area contributed by atoms with Crippen LogP contribution >= 0.6 is 15.9 Å². The quantitative estimate of drug-likeness (QED) is 0.603. The van der Waals surface area contributed by atoms with Crippen molar-refractivity contribution in [3.63, 3.8) is 0 Å². The molecule has 1 aromatic rings. The van der Waals surface area contributed by atoms with Crippen LogP contribution in [-0.4, -0.2) is 44.6 Å². The van der Waals surface area contributed by atoms with Crippen LogP contribution in [0.3, 0.4) is 0 Å². The molecule has 0 amide bonds. The monoisotopic (exact) mass is 408 g/mol. The third-order valence-corrected chi connectivity index (χ3v) is 5.95. The second kappa shape index (κ2) is 6.02. The first-order valence-electron chi connectivity index (χ1n) is 5.98. The minimum atomic E-state index is -4.61. The lowest BCUT2D eigenvalue weighted by Gasteiger charge is -2.33. The average Bonchev–Trinajstić information content (AvgIpc) is 2.42. The Morgan fingerprint density at radius 2 is 1.82 bits per heavy atom. The molecule has 2 rings (SSSR count). The number of hydrogen-bond acceptors (Lipinski definition) is 3. The fourth-order valence-corrected chi connectivity index (χ4v) is 4.44. The first-order chi connectivity index (χ1) is 10.0. The molecule has 1 atom stereocenters. The summed E-state index contributed by atoms with van der Waals surface area (Å²) >= 11 is 2.79. The Hall–Kier alpha value is -0.780. The van der Waals surface area contributed by atoms with E-state index in [2.05, 4.69) is 21.2 Å². The van der Waals surface area contributed by atoms with Gasteiger partial charge in [-0.3, -0.25) is 0 Å². The van der Waals surface area contributed by atoms with Crippen LogP contribution in [0.1, 0.15) is 0 Å². The van der Waals surface area contributed by atoms with Gasteiger partial charge in [-0.2, -0.15) is 17.5 Å². The number of sulfonamides is 1. The van der Waals surface area contributed by atoms with Crippen LogP contribution < -0.4 is 5.32 Å². The van der Waals surface area contributed by atoms with Gasteiger partial charge in [0.05, 0.1) is 4.90 Å². The van der Waals surface area contributed by atoms with Gasteiger partial charge in [-0.15, -0.1) is 0 Å². The minimum Gasteiger partial charge on any atom is -0.304 e. The van der Waals surface area contributed by atoms with Crippen molar-refractivity contribution in [2.24, 2.45) is 0 Å². The highest BCUT2D eigenvalue weighted by atomic mass is 79.9. The van der Waals surface area contributed by atoms with Crippen molar-refractivity contribution in [3.05, 3.63) is 28.2 Å². The average molecular weight is 409 g/mol. The molecule has 0 saturated carbocycles. The number of benzene rings is 1. The first-order valence-corrected chi connectivity index (χ1v) is 8.21. The molecule has 0 bridgehead atoms. The number of rotatable bonds is 2. The zero-order valence-electron chi connectivity index (χ0n) is 10.8. The first kappa shape index (κ1) is 17.6. The van der Waals surface area contributed by atoms with Crippen molar-refractivity contribution in [3.8, 4) is 0 Å². The maximum absolute atomic E-state index is 13.3. The molecule has 1 heterocycles. The van der Waals surface area contributed by atoms with E-state index in [1.807, 2.05) is 0 Å². The highest BCUT2D eigenvalue weighted by Gasteiger charge is 2.44. The van der Waals surface area contributed by atoms with Gasteiger partial charge in [0.15, 0.2) is 11.6 Å². The molecule has 124 valence electrons. The van der Waals surface area contributed by atoms with Gasteiger partial charge < -0.3 is 5.32 Å². The summed E-state index contributed by atoms with van der Waals surface area (Å²) in [6.07, 6.45) is -4.61. The smallest absolute Gasteiger partial charge is 0.304 e. The van der Waals surface area contributed by atoms with Gasteiger partial charge in [0.25, 0.3) is 0 Å². The molecule has 0 spiro atoms. The Balaban J connectivity index is 2.37. The summed E-state index contributed by atoms with van der Waals surface area (Å²) < 4.78 is 89.4. The number of nitrogens with zero attached hydrogens (tertiary/aromatic N) is 1. The molecule has 1 aromatic carbocycles. The molecule has 22 heavy (non-hydrogen) atoms. The minimum absolute atomic E-state index is 0.204. The third kappa shape index (κ3) is 3.42. The molecule has 1 N–H and O–H groups in total. The van der Waals surface area contributed by atoms with Gasteiger partial charge in [-0.25, -0.2) is 17.2 Å². The Morgan fingerprint density at radius 1 is 1.23 bits per heavy atom. The van der Waals surface area contributed by atoms with Gasteiger partial charge in [0.2, 0.25) is 10.0 Å². The van der Waals surface area contributed by atoms with Gasteiger partial charge >= 0.3 is 6.18 Å². The number of halogens is 6.